The Balaban J connectivity index is 1.62. The lowest BCUT2D eigenvalue weighted by molar-refractivity contribution is 0.0599. The molecule has 0 radical (unpaired) electrons. The first-order valence-corrected chi connectivity index (χ1v) is 12.4. The number of thioether (sulfide) groups is 1. The second kappa shape index (κ2) is 10.7. The minimum Gasteiger partial charge on any atom is -0.497 e. The van der Waals surface area contributed by atoms with Crippen molar-refractivity contribution >= 4 is 23.5 Å². The highest BCUT2D eigenvalue weighted by Gasteiger charge is 2.28. The highest BCUT2D eigenvalue weighted by Crippen LogP contribution is 2.31. The molecule has 2 unspecified atom stereocenters. The highest BCUT2D eigenvalue weighted by atomic mass is 32.2. The van der Waals surface area contributed by atoms with Gasteiger partial charge in [0.05, 0.1) is 43.4 Å². The van der Waals surface area contributed by atoms with E-state index in [1.165, 1.54) is 18.9 Å². The van der Waals surface area contributed by atoms with Crippen LogP contribution in [0.3, 0.4) is 0 Å². The molecule has 1 N–H and O–H groups in total. The van der Waals surface area contributed by atoms with Crippen molar-refractivity contribution in [3.05, 3.63) is 46.8 Å². The normalized spacial score (nSPS) is 16.3. The van der Waals surface area contributed by atoms with Gasteiger partial charge in [-0.3, -0.25) is 9.36 Å². The minimum atomic E-state index is -0.464. The number of Topliss-reactive ketones (excluding diaryl/α,β-unsaturated/α-hetero) is 1. The summed E-state index contributed by atoms with van der Waals surface area (Å²) in [6.45, 7) is 6.69. The van der Waals surface area contributed by atoms with Gasteiger partial charge in [-0.05, 0) is 63.4 Å². The number of carbonyl (C=O) groups excluding carboxylic acids is 2. The van der Waals surface area contributed by atoms with Crippen molar-refractivity contribution in [1.82, 2.24) is 19.7 Å². The van der Waals surface area contributed by atoms with Gasteiger partial charge in [-0.2, -0.15) is 0 Å². The molecule has 1 aromatic carbocycles. The first-order chi connectivity index (χ1) is 16.8. The molecule has 3 aromatic rings. The molecule has 4 rings (SSSR count). The molecule has 35 heavy (non-hydrogen) atoms. The van der Waals surface area contributed by atoms with Gasteiger partial charge in [0.15, 0.2) is 16.8 Å². The van der Waals surface area contributed by atoms with Crippen LogP contribution in [0, 0.1) is 13.8 Å². The number of nitrogens with one attached hydrogen (secondary N) is 1. The molecule has 0 aliphatic carbocycles. The summed E-state index contributed by atoms with van der Waals surface area (Å²) >= 11 is 1.34. The average Bonchev–Trinajstić information content (AvgIpc) is 3.59. The van der Waals surface area contributed by atoms with Crippen LogP contribution in [0.25, 0.3) is 11.4 Å². The smallest absolute Gasteiger partial charge is 0.339 e. The zero-order chi connectivity index (χ0) is 25.1. The van der Waals surface area contributed by atoms with E-state index in [0.29, 0.717) is 40.0 Å². The van der Waals surface area contributed by atoms with E-state index in [1.807, 2.05) is 35.8 Å². The van der Waals surface area contributed by atoms with E-state index < -0.39 is 11.2 Å². The minimum absolute atomic E-state index is 0.0734. The van der Waals surface area contributed by atoms with E-state index in [-0.39, 0.29) is 11.9 Å². The average molecular weight is 499 g/mol. The van der Waals surface area contributed by atoms with Gasteiger partial charge < -0.3 is 19.2 Å². The summed E-state index contributed by atoms with van der Waals surface area (Å²) < 4.78 is 18.0. The van der Waals surface area contributed by atoms with Crippen LogP contribution in [0.5, 0.6) is 5.75 Å². The summed E-state index contributed by atoms with van der Waals surface area (Å²) in [7, 11) is 2.96. The molecule has 10 heteroatoms. The SMILES string of the molecule is COC(=O)c1c(C)[nH]c(C(=O)C(C)Sc2nnc(-c3ccc(OC)cc3)n2CC2CCCO2)c1C. The van der Waals surface area contributed by atoms with E-state index >= 15 is 0 Å². The molecule has 0 spiro atoms. The number of aryl methyl sites for hydroxylation is 1. The molecule has 2 atom stereocenters. The monoisotopic (exact) mass is 498 g/mol. The number of aromatic nitrogens is 4. The zero-order valence-electron chi connectivity index (χ0n) is 20.6. The molecule has 0 amide bonds. The van der Waals surface area contributed by atoms with Crippen molar-refractivity contribution in [1.29, 1.82) is 0 Å². The van der Waals surface area contributed by atoms with Gasteiger partial charge in [0.1, 0.15) is 5.75 Å². The third kappa shape index (κ3) is 5.13. The van der Waals surface area contributed by atoms with E-state index in [0.717, 1.165) is 30.8 Å². The molecule has 2 aromatic heterocycles. The third-order valence-corrected chi connectivity index (χ3v) is 7.28. The molecule has 1 aliphatic heterocycles. The molecule has 9 nitrogen and oxygen atoms in total. The van der Waals surface area contributed by atoms with Crippen LogP contribution in [0.15, 0.2) is 29.4 Å². The second-order valence-electron chi connectivity index (χ2n) is 8.52. The predicted molar refractivity (Wildman–Crippen MR) is 132 cm³/mol. The number of carbonyl (C=O) groups is 2. The van der Waals surface area contributed by atoms with Gasteiger partial charge in [0, 0.05) is 17.9 Å². The Morgan fingerprint density at radius 2 is 1.97 bits per heavy atom. The van der Waals surface area contributed by atoms with E-state index in [1.54, 1.807) is 21.0 Å². The number of rotatable bonds is 9. The number of hydrogen-bond donors (Lipinski definition) is 1. The zero-order valence-corrected chi connectivity index (χ0v) is 21.4. The van der Waals surface area contributed by atoms with Crippen LogP contribution in [0.1, 0.15) is 51.9 Å². The van der Waals surface area contributed by atoms with E-state index in [9.17, 15) is 9.59 Å². The van der Waals surface area contributed by atoms with Crippen LogP contribution >= 0.6 is 11.8 Å². The topological polar surface area (TPSA) is 108 Å². The highest BCUT2D eigenvalue weighted by molar-refractivity contribution is 8.00. The number of hydrogen-bond acceptors (Lipinski definition) is 8. The molecule has 186 valence electrons. The van der Waals surface area contributed by atoms with Gasteiger partial charge in [-0.1, -0.05) is 11.8 Å². The lowest BCUT2D eigenvalue weighted by Gasteiger charge is -2.16. The Bertz CT molecular complexity index is 1210. The van der Waals surface area contributed by atoms with Crippen molar-refractivity contribution in [2.24, 2.45) is 0 Å². The van der Waals surface area contributed by atoms with Gasteiger partial charge >= 0.3 is 5.97 Å². The van der Waals surface area contributed by atoms with Crippen molar-refractivity contribution < 1.29 is 23.8 Å². The van der Waals surface area contributed by atoms with Crippen molar-refractivity contribution in [2.75, 3.05) is 20.8 Å². The quantitative estimate of drug-likeness (QED) is 0.265. The van der Waals surface area contributed by atoms with Crippen molar-refractivity contribution in [3.63, 3.8) is 0 Å². The van der Waals surface area contributed by atoms with E-state index in [4.69, 9.17) is 14.2 Å². The number of benzene rings is 1. The number of methoxy groups -OCH3 is 2. The number of esters is 1. The van der Waals surface area contributed by atoms with Gasteiger partial charge in [0.25, 0.3) is 0 Å². The fraction of sp³-hybridized carbons (Fsp3) is 0.440. The van der Waals surface area contributed by atoms with Crippen molar-refractivity contribution in [3.8, 4) is 17.1 Å². The summed E-state index contributed by atoms with van der Waals surface area (Å²) in [4.78, 5) is 28.6. The Morgan fingerprint density at radius 1 is 1.23 bits per heavy atom. The van der Waals surface area contributed by atoms with Crippen LogP contribution < -0.4 is 4.74 Å². The first kappa shape index (κ1) is 25.0. The molecule has 1 aliphatic rings. The van der Waals surface area contributed by atoms with Crippen LogP contribution in [-0.2, 0) is 16.0 Å². The Kier molecular flexibility index (Phi) is 7.61. The van der Waals surface area contributed by atoms with Crippen molar-refractivity contribution in [2.45, 2.75) is 56.7 Å². The number of ketones is 1. The summed E-state index contributed by atoms with van der Waals surface area (Å²) in [5.74, 6) is 0.889. The largest absolute Gasteiger partial charge is 0.497 e. The maximum absolute atomic E-state index is 13.3. The van der Waals surface area contributed by atoms with Gasteiger partial charge in [-0.15, -0.1) is 10.2 Å². The van der Waals surface area contributed by atoms with Gasteiger partial charge in [-0.25, -0.2) is 4.79 Å². The Hall–Kier alpha value is -3.11. The lowest BCUT2D eigenvalue weighted by Crippen LogP contribution is -2.19. The summed E-state index contributed by atoms with van der Waals surface area (Å²) in [5, 5.41) is 9.06. The van der Waals surface area contributed by atoms with Crippen LogP contribution in [0.4, 0.5) is 0 Å². The Labute approximate surface area is 208 Å². The third-order valence-electron chi connectivity index (χ3n) is 6.20. The number of nitrogens with zero attached hydrogens (tertiary/aromatic N) is 3. The fourth-order valence-electron chi connectivity index (χ4n) is 4.31. The fourth-order valence-corrected chi connectivity index (χ4v) is 5.22. The summed E-state index contributed by atoms with van der Waals surface area (Å²) in [6, 6.07) is 7.65. The molecule has 0 bridgehead atoms. The molecular formula is C25H30N4O5S. The molecule has 3 heterocycles. The second-order valence-corrected chi connectivity index (χ2v) is 9.83. The number of aromatic amines is 1. The first-order valence-electron chi connectivity index (χ1n) is 11.5. The molecule has 1 saturated heterocycles. The Morgan fingerprint density at radius 3 is 2.60 bits per heavy atom. The molecular weight excluding hydrogens is 468 g/mol. The number of ether oxygens (including phenoxy) is 3. The number of H-pyrrole nitrogens is 1. The predicted octanol–water partition coefficient (Wildman–Crippen LogP) is 4.23. The standard InChI is InChI=1S/C25H30N4O5S/c1-14-20(24(31)33-5)15(2)26-21(14)22(30)16(3)35-25-28-27-23(17-8-10-18(32-4)11-9-17)29(25)13-19-7-6-12-34-19/h8-11,16,19,26H,6-7,12-13H2,1-5H3. The maximum atomic E-state index is 13.3. The summed E-state index contributed by atoms with van der Waals surface area (Å²) in [5.41, 5.74) is 2.91. The molecule has 0 saturated carbocycles. The van der Waals surface area contributed by atoms with Crippen LogP contribution in [-0.4, -0.2) is 63.7 Å². The van der Waals surface area contributed by atoms with Gasteiger partial charge in [0.2, 0.25) is 0 Å². The van der Waals surface area contributed by atoms with Crippen LogP contribution in [0.2, 0.25) is 0 Å². The lowest BCUT2D eigenvalue weighted by atomic mass is 10.1. The molecule has 1 fully saturated rings. The van der Waals surface area contributed by atoms with E-state index in [2.05, 4.69) is 15.2 Å². The summed E-state index contributed by atoms with van der Waals surface area (Å²) in [6.07, 6.45) is 2.07. The maximum Gasteiger partial charge on any atom is 0.339 e.